The maximum Gasteiger partial charge on any atom is 0.149 e. The SMILES string of the molecule is CS(=O)(=O)CCOCCNc1ccc2ccccc2n1. The Hall–Kier alpha value is -1.66. The molecule has 0 radical (unpaired) electrons. The summed E-state index contributed by atoms with van der Waals surface area (Å²) in [5.74, 6) is 0.844. The van der Waals surface area contributed by atoms with Gasteiger partial charge in [-0.3, -0.25) is 0 Å². The molecule has 0 amide bonds. The quantitative estimate of drug-likeness (QED) is 0.787. The van der Waals surface area contributed by atoms with Gasteiger partial charge in [0.25, 0.3) is 0 Å². The van der Waals surface area contributed by atoms with E-state index in [1.165, 1.54) is 6.26 Å². The summed E-state index contributed by atoms with van der Waals surface area (Å²) in [6.07, 6.45) is 1.20. The largest absolute Gasteiger partial charge is 0.379 e. The maximum absolute atomic E-state index is 10.9. The van der Waals surface area contributed by atoms with Crippen LogP contribution in [0.3, 0.4) is 0 Å². The summed E-state index contributed by atoms with van der Waals surface area (Å²) < 4.78 is 27.1. The van der Waals surface area contributed by atoms with Crippen LogP contribution in [0.4, 0.5) is 5.82 Å². The topological polar surface area (TPSA) is 68.3 Å². The number of nitrogens with one attached hydrogen (secondary N) is 1. The lowest BCUT2D eigenvalue weighted by atomic mass is 10.2. The number of pyridine rings is 1. The third-order valence-electron chi connectivity index (χ3n) is 2.75. The highest BCUT2D eigenvalue weighted by Crippen LogP contribution is 2.14. The van der Waals surface area contributed by atoms with Gasteiger partial charge >= 0.3 is 0 Å². The zero-order valence-electron chi connectivity index (χ0n) is 11.4. The van der Waals surface area contributed by atoms with Crippen molar-refractivity contribution in [3.63, 3.8) is 0 Å². The molecule has 1 N–H and O–H groups in total. The van der Waals surface area contributed by atoms with Crippen LogP contribution in [0, 0.1) is 0 Å². The first-order valence-corrected chi connectivity index (χ1v) is 8.46. The van der Waals surface area contributed by atoms with Crippen LogP contribution in [-0.4, -0.2) is 45.2 Å². The Balaban J connectivity index is 1.76. The van der Waals surface area contributed by atoms with E-state index in [9.17, 15) is 8.42 Å². The Kier molecular flexibility index (Phi) is 4.92. The first kappa shape index (κ1) is 14.7. The zero-order valence-corrected chi connectivity index (χ0v) is 12.2. The minimum absolute atomic E-state index is 0.0568. The molecule has 0 unspecified atom stereocenters. The van der Waals surface area contributed by atoms with Gasteiger partial charge in [-0.05, 0) is 18.2 Å². The number of anilines is 1. The van der Waals surface area contributed by atoms with E-state index in [0.29, 0.717) is 13.2 Å². The van der Waals surface area contributed by atoms with Gasteiger partial charge < -0.3 is 10.1 Å². The minimum atomic E-state index is -2.95. The van der Waals surface area contributed by atoms with Gasteiger partial charge in [0.2, 0.25) is 0 Å². The fourth-order valence-electron chi connectivity index (χ4n) is 1.73. The molecule has 2 rings (SSSR count). The molecule has 5 nitrogen and oxygen atoms in total. The van der Waals surface area contributed by atoms with Gasteiger partial charge in [-0.2, -0.15) is 0 Å². The molecule has 0 spiro atoms. The van der Waals surface area contributed by atoms with Crippen molar-refractivity contribution in [3.8, 4) is 0 Å². The second-order valence-electron chi connectivity index (χ2n) is 4.56. The predicted molar refractivity (Wildman–Crippen MR) is 80.8 cm³/mol. The Labute approximate surface area is 118 Å². The molecule has 2 aromatic rings. The van der Waals surface area contributed by atoms with E-state index in [2.05, 4.69) is 10.3 Å². The van der Waals surface area contributed by atoms with Crippen LogP contribution in [0.2, 0.25) is 0 Å². The summed E-state index contributed by atoms with van der Waals surface area (Å²) in [6.45, 7) is 1.27. The molecule has 0 aliphatic rings. The standard InChI is InChI=1S/C14H18N2O3S/c1-20(17,18)11-10-19-9-8-15-14-7-6-12-4-2-3-5-13(12)16-14/h2-7H,8-11H2,1H3,(H,15,16). The van der Waals surface area contributed by atoms with Gasteiger partial charge in [0.1, 0.15) is 15.7 Å². The molecule has 0 atom stereocenters. The molecule has 6 heteroatoms. The van der Waals surface area contributed by atoms with Crippen molar-refractivity contribution in [2.24, 2.45) is 0 Å². The lowest BCUT2D eigenvalue weighted by Crippen LogP contribution is -2.15. The second kappa shape index (κ2) is 6.67. The Bertz CT molecular complexity index is 671. The monoisotopic (exact) mass is 294 g/mol. The van der Waals surface area contributed by atoms with E-state index < -0.39 is 9.84 Å². The van der Waals surface area contributed by atoms with E-state index in [1.54, 1.807) is 0 Å². The number of sulfone groups is 1. The van der Waals surface area contributed by atoms with Crippen molar-refractivity contribution in [1.82, 2.24) is 4.98 Å². The lowest BCUT2D eigenvalue weighted by Gasteiger charge is -2.07. The number of hydrogen-bond acceptors (Lipinski definition) is 5. The molecular formula is C14H18N2O3S. The number of benzene rings is 1. The predicted octanol–water partition coefficient (Wildman–Crippen LogP) is 1.71. The number of fused-ring (bicyclic) bond motifs is 1. The van der Waals surface area contributed by atoms with Crippen molar-refractivity contribution in [1.29, 1.82) is 0 Å². The summed E-state index contributed by atoms with van der Waals surface area (Å²) in [4.78, 5) is 4.47. The highest BCUT2D eigenvalue weighted by molar-refractivity contribution is 7.90. The molecule has 0 saturated carbocycles. The number of ether oxygens (including phenoxy) is 1. The van der Waals surface area contributed by atoms with Crippen molar-refractivity contribution in [3.05, 3.63) is 36.4 Å². The molecular weight excluding hydrogens is 276 g/mol. The summed E-state index contributed by atoms with van der Waals surface area (Å²) in [5, 5.41) is 4.25. The molecule has 1 aromatic carbocycles. The average Bonchev–Trinajstić information content (AvgIpc) is 2.41. The highest BCUT2D eigenvalue weighted by atomic mass is 32.2. The Morgan fingerprint density at radius 1 is 1.15 bits per heavy atom. The highest BCUT2D eigenvalue weighted by Gasteiger charge is 2.01. The van der Waals surface area contributed by atoms with E-state index in [-0.39, 0.29) is 12.4 Å². The molecule has 0 fully saturated rings. The fraction of sp³-hybridized carbons (Fsp3) is 0.357. The average molecular weight is 294 g/mol. The minimum Gasteiger partial charge on any atom is -0.379 e. The van der Waals surface area contributed by atoms with Crippen molar-refractivity contribution >= 4 is 26.6 Å². The van der Waals surface area contributed by atoms with Crippen molar-refractivity contribution in [2.45, 2.75) is 0 Å². The van der Waals surface area contributed by atoms with Gasteiger partial charge in [0, 0.05) is 18.2 Å². The van der Waals surface area contributed by atoms with Crippen LogP contribution < -0.4 is 5.32 Å². The molecule has 0 bridgehead atoms. The van der Waals surface area contributed by atoms with Gasteiger partial charge in [-0.15, -0.1) is 0 Å². The zero-order chi connectivity index (χ0) is 14.4. The van der Waals surface area contributed by atoms with E-state index in [4.69, 9.17) is 4.74 Å². The number of para-hydroxylation sites is 1. The number of nitrogens with zero attached hydrogens (tertiary/aromatic N) is 1. The third-order valence-corrected chi connectivity index (χ3v) is 3.66. The molecule has 0 saturated heterocycles. The Morgan fingerprint density at radius 2 is 1.95 bits per heavy atom. The molecule has 0 aliphatic carbocycles. The number of hydrogen-bond donors (Lipinski definition) is 1. The summed E-state index contributed by atoms with van der Waals surface area (Å²) in [5.41, 5.74) is 0.940. The van der Waals surface area contributed by atoms with E-state index in [0.717, 1.165) is 16.7 Å². The van der Waals surface area contributed by atoms with Gasteiger partial charge in [-0.25, -0.2) is 13.4 Å². The van der Waals surface area contributed by atoms with E-state index in [1.807, 2.05) is 36.4 Å². The fourth-order valence-corrected chi connectivity index (χ4v) is 2.15. The number of rotatable bonds is 7. The van der Waals surface area contributed by atoms with Crippen molar-refractivity contribution in [2.75, 3.05) is 37.1 Å². The first-order chi connectivity index (χ1) is 9.54. The van der Waals surface area contributed by atoms with Gasteiger partial charge in [0.15, 0.2) is 0 Å². The van der Waals surface area contributed by atoms with Crippen LogP contribution >= 0.6 is 0 Å². The van der Waals surface area contributed by atoms with Crippen molar-refractivity contribution < 1.29 is 13.2 Å². The summed E-state index contributed by atoms with van der Waals surface area (Å²) in [7, 11) is -2.95. The van der Waals surface area contributed by atoms with Gasteiger partial charge in [0.05, 0.1) is 24.5 Å². The normalized spacial score (nSPS) is 11.7. The van der Waals surface area contributed by atoms with Crippen LogP contribution in [0.15, 0.2) is 36.4 Å². The maximum atomic E-state index is 10.9. The molecule has 20 heavy (non-hydrogen) atoms. The molecule has 0 aliphatic heterocycles. The summed E-state index contributed by atoms with van der Waals surface area (Å²) in [6, 6.07) is 11.8. The smallest absolute Gasteiger partial charge is 0.149 e. The first-order valence-electron chi connectivity index (χ1n) is 6.40. The third kappa shape index (κ3) is 4.79. The van der Waals surface area contributed by atoms with Crippen LogP contribution in [0.5, 0.6) is 0 Å². The van der Waals surface area contributed by atoms with Crippen LogP contribution in [-0.2, 0) is 14.6 Å². The second-order valence-corrected chi connectivity index (χ2v) is 6.82. The summed E-state index contributed by atoms with van der Waals surface area (Å²) >= 11 is 0. The molecule has 108 valence electrons. The number of aromatic nitrogens is 1. The van der Waals surface area contributed by atoms with E-state index >= 15 is 0 Å². The molecule has 1 heterocycles. The van der Waals surface area contributed by atoms with Gasteiger partial charge in [-0.1, -0.05) is 18.2 Å². The lowest BCUT2D eigenvalue weighted by molar-refractivity contribution is 0.159. The molecule has 1 aromatic heterocycles. The van der Waals surface area contributed by atoms with Crippen LogP contribution in [0.25, 0.3) is 10.9 Å². The van der Waals surface area contributed by atoms with Crippen LogP contribution in [0.1, 0.15) is 0 Å². The Morgan fingerprint density at radius 3 is 2.75 bits per heavy atom.